The average molecular weight is 1740 g/mol. The third kappa shape index (κ3) is 34.3. The smallest absolute Gasteiger partial charge is 0.326 e. The van der Waals surface area contributed by atoms with Crippen LogP contribution >= 0.6 is 23.5 Å². The summed E-state index contributed by atoms with van der Waals surface area (Å²) in [6, 6.07) is -3.20. The SMILES string of the molecule is CSCC[C@H](NC(=O)[C@H](CC(C)C)NC(=O)CNC(=O)[C@@H](NC(=O)[C@H](CO)NC(=O)[C@H](Cc1cnc[nH]1)NC(=O)[C@H](C)NC(=O)CNC(=O)[C@@H](N)CCCCN)C(C)C)C(=O)N[C@@H](Cc1c[nH]c2ccccc12)C(=O)N[C@@H](Cc1c[nH]c2ccccc12)C(=O)N[C@@H](CCSC)C(=O)N[C@@H](CC(C)C)C(=O)N[C@@H](C)C(=O)N[C@@H](CCCNC(=N)N)C(=O)O. The van der Waals surface area contributed by atoms with Gasteiger partial charge < -0.3 is 122 Å². The van der Waals surface area contributed by atoms with Crippen LogP contribution in [-0.4, -0.2) is 260 Å². The fourth-order valence-electron chi connectivity index (χ4n) is 12.9. The molecule has 40 nitrogen and oxygen atoms in total. The number of carbonyl (C=O) groups excluding carboxylic acids is 14. The number of thioether (sulfide) groups is 2. The molecule has 672 valence electrons. The number of hydrogen-bond acceptors (Lipinski definition) is 22. The molecule has 122 heavy (non-hydrogen) atoms. The van der Waals surface area contributed by atoms with Gasteiger partial charge >= 0.3 is 5.97 Å². The molecule has 14 amide bonds. The molecule has 3 heterocycles. The van der Waals surface area contributed by atoms with Crippen molar-refractivity contribution in [3.8, 4) is 0 Å². The normalized spacial score (nSPS) is 14.5. The van der Waals surface area contributed by atoms with Gasteiger partial charge in [-0.1, -0.05) is 84.4 Å². The van der Waals surface area contributed by atoms with E-state index >= 15 is 14.4 Å². The first-order chi connectivity index (χ1) is 58.0. The fourth-order valence-corrected chi connectivity index (χ4v) is 13.8. The van der Waals surface area contributed by atoms with Gasteiger partial charge in [0.25, 0.3) is 0 Å². The molecule has 0 fully saturated rings. The van der Waals surface area contributed by atoms with E-state index in [1.54, 1.807) is 90.7 Å². The van der Waals surface area contributed by atoms with Crippen LogP contribution in [0.4, 0.5) is 0 Å². The van der Waals surface area contributed by atoms with Gasteiger partial charge in [0.2, 0.25) is 82.7 Å². The van der Waals surface area contributed by atoms with Crippen LogP contribution in [0.1, 0.15) is 130 Å². The molecule has 5 aromatic rings. The molecule has 2 aromatic carbocycles. The molecule has 42 heteroatoms. The van der Waals surface area contributed by atoms with Gasteiger partial charge in [0.1, 0.15) is 72.5 Å². The second-order valence-corrected chi connectivity index (χ2v) is 32.9. The first kappa shape index (κ1) is 101. The second kappa shape index (κ2) is 52.1. The number of aromatic amines is 3. The van der Waals surface area contributed by atoms with Crippen molar-refractivity contribution in [2.75, 3.05) is 56.8 Å². The largest absolute Gasteiger partial charge is 0.480 e. The number of benzene rings is 2. The summed E-state index contributed by atoms with van der Waals surface area (Å²) in [5.41, 5.74) is 19.7. The van der Waals surface area contributed by atoms with Crippen LogP contribution in [0.25, 0.3) is 21.8 Å². The number of nitrogens with zero attached hydrogens (tertiary/aromatic N) is 1. The molecule has 27 N–H and O–H groups in total. The quantitative estimate of drug-likeness (QED) is 0.0109. The number of imidazole rings is 1. The summed E-state index contributed by atoms with van der Waals surface area (Å²) < 4.78 is 0. The van der Waals surface area contributed by atoms with Gasteiger partial charge in [0.05, 0.1) is 32.1 Å². The van der Waals surface area contributed by atoms with Gasteiger partial charge in [-0.2, -0.15) is 23.5 Å². The minimum absolute atomic E-state index is 0.00246. The predicted molar refractivity (Wildman–Crippen MR) is 461 cm³/mol. The second-order valence-electron chi connectivity index (χ2n) is 30.9. The van der Waals surface area contributed by atoms with Gasteiger partial charge in [0.15, 0.2) is 5.96 Å². The molecular weight excluding hydrogens is 1620 g/mol. The lowest BCUT2D eigenvalue weighted by molar-refractivity contribution is -0.142. The van der Waals surface area contributed by atoms with Crippen molar-refractivity contribution in [2.45, 2.75) is 211 Å². The standard InChI is InChI=1S/C80H123N23O17S2/c1-42(2)30-58(94-65(106)39-90-78(118)66(44(5)6)103-77(117)63(40-104)102-76(116)62(34-49-37-85-41-91-49)98-67(107)45(7)92-64(105)38-89-69(109)52(82)20-15-16-26-81)73(113)95-56(25-29-122-10)71(111)100-61(33-48-36-88-54-22-14-12-19-51(48)54)75(115)101-60(32-47-35-87-53-21-13-11-18-50(47)53)74(114)96-55(24-28-121-9)70(110)99-59(31-43(3)4)72(112)93-46(8)68(108)97-57(79(119)120)23-17-27-86-80(83)84/h11-14,18-19,21-22,35-37,41-46,52,55-63,66,87-88,104H,15-17,20,23-34,38-40,81-82H2,1-10H3,(H,85,91)(H,89,109)(H,90,118)(H,92,105)(H,93,112)(H,94,106)(H,95,113)(H,96,114)(H,97,108)(H,98,107)(H,99,110)(H,100,111)(H,101,115)(H,102,116)(H,103,117)(H,119,120)(H4,83,84,86)/t45-,46-,52-,55-,56-,57-,58-,59-,60-,61-,62-,63-,66-/m0/s1. The van der Waals surface area contributed by atoms with Gasteiger partial charge in [-0.25, -0.2) is 9.78 Å². The number of H-pyrrole nitrogens is 3. The molecule has 0 saturated carbocycles. The van der Waals surface area contributed by atoms with E-state index in [0.29, 0.717) is 75.9 Å². The summed E-state index contributed by atoms with van der Waals surface area (Å²) in [4.78, 5) is 222. The number of para-hydroxylation sites is 2. The molecule has 3 aromatic heterocycles. The number of aliphatic hydroxyl groups excluding tert-OH is 1. The summed E-state index contributed by atoms with van der Waals surface area (Å²) in [7, 11) is 0. The number of carbonyl (C=O) groups is 15. The summed E-state index contributed by atoms with van der Waals surface area (Å²) >= 11 is 2.71. The third-order valence-corrected chi connectivity index (χ3v) is 20.9. The van der Waals surface area contributed by atoms with E-state index in [4.69, 9.17) is 22.6 Å². The van der Waals surface area contributed by atoms with E-state index in [9.17, 15) is 67.7 Å². The highest BCUT2D eigenvalue weighted by atomic mass is 32.2. The lowest BCUT2D eigenvalue weighted by Gasteiger charge is -2.28. The van der Waals surface area contributed by atoms with Crippen molar-refractivity contribution in [1.82, 2.24) is 99.7 Å². The highest BCUT2D eigenvalue weighted by molar-refractivity contribution is 7.98. The minimum Gasteiger partial charge on any atom is -0.480 e. The topological polar surface area (TPSA) is 639 Å². The number of aliphatic hydroxyl groups is 1. The van der Waals surface area contributed by atoms with Gasteiger partial charge in [-0.15, -0.1) is 0 Å². The molecule has 13 atom stereocenters. The lowest BCUT2D eigenvalue weighted by atomic mass is 10.00. The Hall–Kier alpha value is -11.4. The van der Waals surface area contributed by atoms with Crippen LogP contribution in [0.3, 0.4) is 0 Å². The summed E-state index contributed by atoms with van der Waals surface area (Å²) in [5, 5.41) is 68.1. The van der Waals surface area contributed by atoms with Crippen molar-refractivity contribution in [1.29, 1.82) is 5.41 Å². The van der Waals surface area contributed by atoms with Crippen molar-refractivity contribution >= 4 is 140 Å². The zero-order chi connectivity index (χ0) is 90.3. The molecule has 0 unspecified atom stereocenters. The number of hydrogen-bond donors (Lipinski definition) is 24. The van der Waals surface area contributed by atoms with E-state index in [1.165, 1.54) is 49.9 Å². The maximum Gasteiger partial charge on any atom is 0.326 e. The first-order valence-corrected chi connectivity index (χ1v) is 43.4. The molecule has 0 spiro atoms. The summed E-state index contributed by atoms with van der Waals surface area (Å²) in [5.74, 6) is -13.9. The number of rotatable bonds is 55. The number of nitrogens with two attached hydrogens (primary N) is 3. The Morgan fingerprint density at radius 1 is 0.459 bits per heavy atom. The minimum atomic E-state index is -1.72. The number of fused-ring (bicyclic) bond motifs is 2. The Kier molecular flexibility index (Phi) is 43.2. The molecule has 0 aliphatic rings. The number of guanidine groups is 1. The van der Waals surface area contributed by atoms with Crippen molar-refractivity contribution < 1.29 is 82.1 Å². The van der Waals surface area contributed by atoms with E-state index in [-0.39, 0.29) is 82.1 Å². The Morgan fingerprint density at radius 2 is 0.885 bits per heavy atom. The predicted octanol–water partition coefficient (Wildman–Crippen LogP) is -2.46. The zero-order valence-corrected chi connectivity index (χ0v) is 72.2. The van der Waals surface area contributed by atoms with Crippen LogP contribution in [0.2, 0.25) is 0 Å². The third-order valence-electron chi connectivity index (χ3n) is 19.6. The molecular formula is C80H123N23O17S2. The first-order valence-electron chi connectivity index (χ1n) is 40.6. The number of carboxylic acid groups (broad SMARTS) is 1. The molecule has 0 radical (unpaired) electrons. The number of aromatic nitrogens is 4. The van der Waals surface area contributed by atoms with Crippen LogP contribution in [-0.2, 0) is 91.2 Å². The van der Waals surface area contributed by atoms with E-state index in [2.05, 4.69) is 99.7 Å². The Labute approximate surface area is 716 Å². The van der Waals surface area contributed by atoms with Crippen molar-refractivity contribution in [3.63, 3.8) is 0 Å². The maximum absolute atomic E-state index is 15.4. The summed E-state index contributed by atoms with van der Waals surface area (Å²) in [6.45, 7) is 11.3. The van der Waals surface area contributed by atoms with Gasteiger partial charge in [-0.05, 0) is 137 Å². The van der Waals surface area contributed by atoms with Crippen LogP contribution in [0.5, 0.6) is 0 Å². The summed E-state index contributed by atoms with van der Waals surface area (Å²) in [6.07, 6.45) is 10.9. The Morgan fingerprint density at radius 3 is 1.36 bits per heavy atom. The molecule has 0 aliphatic heterocycles. The number of nitrogens with one attached hydrogen (secondary N) is 19. The molecule has 0 bridgehead atoms. The maximum atomic E-state index is 15.4. The van der Waals surface area contributed by atoms with Crippen LogP contribution in [0.15, 0.2) is 73.4 Å². The number of carboxylic acids is 1. The molecule has 0 aliphatic carbocycles. The monoisotopic (exact) mass is 1740 g/mol. The van der Waals surface area contributed by atoms with Crippen molar-refractivity contribution in [3.05, 3.63) is 90.3 Å². The van der Waals surface area contributed by atoms with Crippen LogP contribution in [0, 0.1) is 23.2 Å². The lowest BCUT2D eigenvalue weighted by Crippen LogP contribution is -2.61. The average Bonchev–Trinajstić information content (AvgIpc) is 1.66. The number of amides is 14. The van der Waals surface area contributed by atoms with E-state index in [1.807, 2.05) is 24.3 Å². The van der Waals surface area contributed by atoms with Crippen LogP contribution < -0.4 is 97.0 Å². The van der Waals surface area contributed by atoms with Gasteiger partial charge in [0, 0.05) is 71.9 Å². The van der Waals surface area contributed by atoms with Gasteiger partial charge in [-0.3, -0.25) is 72.5 Å². The van der Waals surface area contributed by atoms with E-state index < -0.39 is 193 Å². The highest BCUT2D eigenvalue weighted by Gasteiger charge is 2.38. The molecule has 0 saturated heterocycles. The number of unbranched alkanes of at least 4 members (excludes halogenated alkanes) is 1. The van der Waals surface area contributed by atoms with E-state index in [0.717, 1.165) is 0 Å². The van der Waals surface area contributed by atoms with Crippen molar-refractivity contribution in [2.24, 2.45) is 35.0 Å². The number of aliphatic carboxylic acids is 1. The Bertz CT molecular complexity index is 4330. The molecule has 5 rings (SSSR count). The zero-order valence-electron chi connectivity index (χ0n) is 70.6. The highest BCUT2D eigenvalue weighted by Crippen LogP contribution is 2.23. The fraction of sp³-hybridized carbons (Fsp3) is 0.562. The Balaban J connectivity index is 1.33.